The SMILES string of the molecule is Clc1nc(NCC2CC3CCC2C3)c2ccccc2n1. The van der Waals surface area contributed by atoms with Crippen molar-refractivity contribution in [2.24, 2.45) is 17.8 Å². The molecule has 2 aromatic rings. The van der Waals surface area contributed by atoms with Gasteiger partial charge in [0, 0.05) is 11.9 Å². The van der Waals surface area contributed by atoms with E-state index in [-0.39, 0.29) is 0 Å². The van der Waals surface area contributed by atoms with Crippen LogP contribution >= 0.6 is 11.6 Å². The van der Waals surface area contributed by atoms with Gasteiger partial charge in [0.05, 0.1) is 5.52 Å². The first-order valence-electron chi connectivity index (χ1n) is 7.46. The molecular weight excluding hydrogens is 270 g/mol. The molecule has 4 rings (SSSR count). The third kappa shape index (κ3) is 2.14. The van der Waals surface area contributed by atoms with Crippen LogP contribution in [0, 0.1) is 17.8 Å². The van der Waals surface area contributed by atoms with Crippen LogP contribution in [0.3, 0.4) is 0 Å². The van der Waals surface area contributed by atoms with Gasteiger partial charge in [0.2, 0.25) is 5.28 Å². The monoisotopic (exact) mass is 287 g/mol. The van der Waals surface area contributed by atoms with Crippen LogP contribution in [0.5, 0.6) is 0 Å². The topological polar surface area (TPSA) is 37.8 Å². The number of para-hydroxylation sites is 1. The molecule has 4 heteroatoms. The molecule has 3 atom stereocenters. The molecule has 1 heterocycles. The highest BCUT2D eigenvalue weighted by Gasteiger charge is 2.39. The van der Waals surface area contributed by atoms with Crippen molar-refractivity contribution in [1.82, 2.24) is 9.97 Å². The Morgan fingerprint density at radius 1 is 1.15 bits per heavy atom. The highest BCUT2D eigenvalue weighted by Crippen LogP contribution is 2.48. The van der Waals surface area contributed by atoms with E-state index in [1.807, 2.05) is 18.2 Å². The summed E-state index contributed by atoms with van der Waals surface area (Å²) < 4.78 is 0. The molecule has 0 saturated heterocycles. The van der Waals surface area contributed by atoms with Gasteiger partial charge in [-0.2, -0.15) is 0 Å². The molecule has 2 aliphatic rings. The number of halogens is 1. The lowest BCUT2D eigenvalue weighted by Gasteiger charge is -2.22. The number of rotatable bonds is 3. The second-order valence-electron chi connectivity index (χ2n) is 6.17. The predicted molar refractivity (Wildman–Crippen MR) is 82.0 cm³/mol. The summed E-state index contributed by atoms with van der Waals surface area (Å²) in [5.41, 5.74) is 0.906. The molecule has 0 amide bonds. The number of aromatic nitrogens is 2. The summed E-state index contributed by atoms with van der Waals surface area (Å²) in [4.78, 5) is 8.64. The summed E-state index contributed by atoms with van der Waals surface area (Å²) in [5.74, 6) is 3.60. The Labute approximate surface area is 123 Å². The second-order valence-corrected chi connectivity index (χ2v) is 6.51. The van der Waals surface area contributed by atoms with Crippen molar-refractivity contribution in [3.63, 3.8) is 0 Å². The van der Waals surface area contributed by atoms with Crippen molar-refractivity contribution >= 4 is 28.3 Å². The van der Waals surface area contributed by atoms with E-state index in [1.54, 1.807) is 0 Å². The van der Waals surface area contributed by atoms with Gasteiger partial charge in [-0.1, -0.05) is 18.6 Å². The summed E-state index contributed by atoms with van der Waals surface area (Å²) in [6.45, 7) is 1.01. The largest absolute Gasteiger partial charge is 0.369 e. The molecule has 1 aromatic carbocycles. The minimum atomic E-state index is 0.319. The smallest absolute Gasteiger partial charge is 0.224 e. The Balaban J connectivity index is 1.56. The summed E-state index contributed by atoms with van der Waals surface area (Å²) in [6.07, 6.45) is 5.69. The standard InChI is InChI=1S/C16H18ClN3/c17-16-19-14-4-2-1-3-13(14)15(20-16)18-9-12-8-10-5-6-11(12)7-10/h1-4,10-12H,5-9H2,(H,18,19,20). The van der Waals surface area contributed by atoms with E-state index in [1.165, 1.54) is 25.7 Å². The van der Waals surface area contributed by atoms with E-state index < -0.39 is 0 Å². The van der Waals surface area contributed by atoms with Crippen molar-refractivity contribution in [3.8, 4) is 0 Å². The number of benzene rings is 1. The Morgan fingerprint density at radius 2 is 2.05 bits per heavy atom. The Morgan fingerprint density at radius 3 is 2.85 bits per heavy atom. The maximum absolute atomic E-state index is 6.02. The van der Waals surface area contributed by atoms with Gasteiger partial charge in [-0.25, -0.2) is 9.97 Å². The second kappa shape index (κ2) is 4.88. The molecule has 1 aromatic heterocycles. The number of fused-ring (bicyclic) bond motifs is 3. The van der Waals surface area contributed by atoms with E-state index in [9.17, 15) is 0 Å². The lowest BCUT2D eigenvalue weighted by Crippen LogP contribution is -2.20. The zero-order valence-corrected chi connectivity index (χ0v) is 12.1. The number of hydrogen-bond donors (Lipinski definition) is 1. The van der Waals surface area contributed by atoms with Crippen molar-refractivity contribution in [2.75, 3.05) is 11.9 Å². The van der Waals surface area contributed by atoms with Gasteiger partial charge in [0.15, 0.2) is 0 Å². The lowest BCUT2D eigenvalue weighted by molar-refractivity contribution is 0.348. The fourth-order valence-corrected chi connectivity index (χ4v) is 4.21. The third-order valence-electron chi connectivity index (χ3n) is 4.99. The average Bonchev–Trinajstić information content (AvgIpc) is 3.07. The molecule has 1 N–H and O–H groups in total. The maximum atomic E-state index is 6.02. The minimum Gasteiger partial charge on any atom is -0.369 e. The van der Waals surface area contributed by atoms with Gasteiger partial charge in [0.1, 0.15) is 5.82 Å². The van der Waals surface area contributed by atoms with Gasteiger partial charge in [-0.05, 0) is 60.7 Å². The minimum absolute atomic E-state index is 0.319. The molecule has 20 heavy (non-hydrogen) atoms. The molecule has 3 unspecified atom stereocenters. The summed E-state index contributed by atoms with van der Waals surface area (Å²) in [7, 11) is 0. The van der Waals surface area contributed by atoms with Crippen LogP contribution < -0.4 is 5.32 Å². The number of nitrogens with zero attached hydrogens (tertiary/aromatic N) is 2. The Kier molecular flexibility index (Phi) is 3.03. The van der Waals surface area contributed by atoms with Gasteiger partial charge in [0.25, 0.3) is 0 Å². The number of anilines is 1. The normalized spacial score (nSPS) is 28.1. The number of nitrogens with one attached hydrogen (secondary N) is 1. The van der Waals surface area contributed by atoms with Crippen LogP contribution in [0.15, 0.2) is 24.3 Å². The van der Waals surface area contributed by atoms with E-state index in [0.717, 1.165) is 41.0 Å². The van der Waals surface area contributed by atoms with Crippen LogP contribution in [-0.4, -0.2) is 16.5 Å². The van der Waals surface area contributed by atoms with E-state index >= 15 is 0 Å². The van der Waals surface area contributed by atoms with Crippen LogP contribution in [-0.2, 0) is 0 Å². The van der Waals surface area contributed by atoms with Crippen molar-refractivity contribution in [1.29, 1.82) is 0 Å². The zero-order valence-electron chi connectivity index (χ0n) is 11.3. The Hall–Kier alpha value is -1.35. The van der Waals surface area contributed by atoms with Crippen LogP contribution in [0.4, 0.5) is 5.82 Å². The maximum Gasteiger partial charge on any atom is 0.224 e. The fraction of sp³-hybridized carbons (Fsp3) is 0.500. The predicted octanol–water partition coefficient (Wildman–Crippen LogP) is 4.13. The molecule has 3 nitrogen and oxygen atoms in total. The molecule has 0 spiro atoms. The van der Waals surface area contributed by atoms with Gasteiger partial charge < -0.3 is 5.32 Å². The summed E-state index contributed by atoms with van der Waals surface area (Å²) in [6, 6.07) is 8.02. The first-order valence-corrected chi connectivity index (χ1v) is 7.83. The number of hydrogen-bond acceptors (Lipinski definition) is 3. The van der Waals surface area contributed by atoms with Gasteiger partial charge in [-0.3, -0.25) is 0 Å². The van der Waals surface area contributed by atoms with E-state index in [0.29, 0.717) is 5.28 Å². The lowest BCUT2D eigenvalue weighted by atomic mass is 9.89. The van der Waals surface area contributed by atoms with Gasteiger partial charge in [-0.15, -0.1) is 0 Å². The van der Waals surface area contributed by atoms with Crippen molar-refractivity contribution in [2.45, 2.75) is 25.7 Å². The highest BCUT2D eigenvalue weighted by molar-refractivity contribution is 6.28. The molecule has 0 aliphatic heterocycles. The molecule has 104 valence electrons. The highest BCUT2D eigenvalue weighted by atomic mass is 35.5. The fourth-order valence-electron chi connectivity index (χ4n) is 4.04. The Bertz CT molecular complexity index is 643. The average molecular weight is 288 g/mol. The molecule has 2 bridgehead atoms. The van der Waals surface area contributed by atoms with E-state index in [4.69, 9.17) is 11.6 Å². The van der Waals surface area contributed by atoms with Gasteiger partial charge >= 0.3 is 0 Å². The molecule has 0 radical (unpaired) electrons. The van der Waals surface area contributed by atoms with Crippen LogP contribution in [0.2, 0.25) is 5.28 Å². The van der Waals surface area contributed by atoms with E-state index in [2.05, 4.69) is 21.4 Å². The van der Waals surface area contributed by atoms with Crippen LogP contribution in [0.25, 0.3) is 10.9 Å². The molecular formula is C16H18ClN3. The molecule has 2 aliphatic carbocycles. The first-order chi connectivity index (χ1) is 9.79. The van der Waals surface area contributed by atoms with Crippen molar-refractivity contribution < 1.29 is 0 Å². The summed E-state index contributed by atoms with van der Waals surface area (Å²) in [5, 5.41) is 4.89. The molecule has 2 saturated carbocycles. The molecule has 2 fully saturated rings. The first kappa shape index (κ1) is 12.4. The third-order valence-corrected chi connectivity index (χ3v) is 5.16. The summed E-state index contributed by atoms with van der Waals surface area (Å²) >= 11 is 6.02. The zero-order chi connectivity index (χ0) is 13.5. The van der Waals surface area contributed by atoms with Crippen molar-refractivity contribution in [3.05, 3.63) is 29.5 Å². The quantitative estimate of drug-likeness (QED) is 0.863. The van der Waals surface area contributed by atoms with Crippen LogP contribution in [0.1, 0.15) is 25.7 Å².